The maximum atomic E-state index is 12.8. The first-order chi connectivity index (χ1) is 13.9. The second kappa shape index (κ2) is 7.58. The van der Waals surface area contributed by atoms with Crippen molar-refractivity contribution in [3.8, 4) is 0 Å². The molecule has 1 amide bonds. The number of non-ortho nitro benzene ring substituents is 1. The lowest BCUT2D eigenvalue weighted by atomic mass is 10.0. The number of hydrogen-bond donors (Lipinski definition) is 0. The first-order valence-corrected chi connectivity index (χ1v) is 9.67. The van der Waals surface area contributed by atoms with Gasteiger partial charge in [0, 0.05) is 54.9 Å². The second-order valence-electron chi connectivity index (χ2n) is 7.47. The van der Waals surface area contributed by atoms with Gasteiger partial charge in [-0.25, -0.2) is 0 Å². The van der Waals surface area contributed by atoms with E-state index in [0.29, 0.717) is 32.6 Å². The molecule has 3 aromatic rings. The van der Waals surface area contributed by atoms with Crippen LogP contribution in [0.2, 0.25) is 0 Å². The van der Waals surface area contributed by atoms with E-state index in [2.05, 4.69) is 11.0 Å². The normalized spacial score (nSPS) is 14.4. The van der Waals surface area contributed by atoms with Gasteiger partial charge in [0.1, 0.15) is 5.58 Å². The Bertz CT molecular complexity index is 1080. The zero-order valence-corrected chi connectivity index (χ0v) is 16.6. The van der Waals surface area contributed by atoms with Crippen LogP contribution in [0.4, 0.5) is 11.4 Å². The van der Waals surface area contributed by atoms with Crippen molar-refractivity contribution >= 4 is 28.3 Å². The van der Waals surface area contributed by atoms with E-state index in [1.165, 1.54) is 11.6 Å². The summed E-state index contributed by atoms with van der Waals surface area (Å²) in [6.07, 6.45) is 2.00. The molecule has 1 saturated heterocycles. The fraction of sp³-hybridized carbons (Fsp3) is 0.318. The van der Waals surface area contributed by atoms with Crippen molar-refractivity contribution in [3.05, 3.63) is 69.5 Å². The lowest BCUT2D eigenvalue weighted by molar-refractivity contribution is -0.384. The maximum Gasteiger partial charge on any atom is 0.271 e. The first-order valence-electron chi connectivity index (χ1n) is 9.67. The molecule has 0 atom stereocenters. The fourth-order valence-corrected chi connectivity index (χ4v) is 3.82. The summed E-state index contributed by atoms with van der Waals surface area (Å²) >= 11 is 0. The Hall–Kier alpha value is -3.35. The molecule has 0 unspecified atom stereocenters. The number of rotatable bonds is 4. The van der Waals surface area contributed by atoms with E-state index in [1.807, 2.05) is 30.9 Å². The average molecular weight is 393 g/mol. The number of carbonyl (C=O) groups is 1. The summed E-state index contributed by atoms with van der Waals surface area (Å²) in [5.41, 5.74) is 4.93. The van der Waals surface area contributed by atoms with E-state index in [9.17, 15) is 14.9 Å². The van der Waals surface area contributed by atoms with E-state index in [4.69, 9.17) is 4.42 Å². The van der Waals surface area contributed by atoms with Gasteiger partial charge in [0.15, 0.2) is 0 Å². The number of anilines is 1. The van der Waals surface area contributed by atoms with E-state index in [0.717, 1.165) is 27.8 Å². The van der Waals surface area contributed by atoms with Crippen LogP contribution in [0.15, 0.2) is 47.1 Å². The number of nitrogens with zero attached hydrogens (tertiary/aromatic N) is 3. The lowest BCUT2D eigenvalue weighted by Crippen LogP contribution is -2.49. The molecule has 2 heterocycles. The van der Waals surface area contributed by atoms with Gasteiger partial charge in [0.2, 0.25) is 5.91 Å². The molecule has 1 aliphatic heterocycles. The average Bonchev–Trinajstić information content (AvgIpc) is 3.14. The Labute approximate surface area is 168 Å². The molecule has 150 valence electrons. The summed E-state index contributed by atoms with van der Waals surface area (Å²) in [6.45, 7) is 6.56. The third-order valence-corrected chi connectivity index (χ3v) is 5.72. The molecular weight excluding hydrogens is 370 g/mol. The molecule has 2 aromatic carbocycles. The van der Waals surface area contributed by atoms with Gasteiger partial charge in [-0.15, -0.1) is 0 Å². The highest BCUT2D eigenvalue weighted by molar-refractivity contribution is 5.89. The van der Waals surface area contributed by atoms with Crippen LogP contribution in [-0.4, -0.2) is 41.9 Å². The largest absolute Gasteiger partial charge is 0.464 e. The molecule has 0 N–H and O–H groups in total. The molecule has 4 rings (SSSR count). The lowest BCUT2D eigenvalue weighted by Gasteiger charge is -2.36. The Morgan fingerprint density at radius 2 is 1.90 bits per heavy atom. The van der Waals surface area contributed by atoms with Gasteiger partial charge in [-0.1, -0.05) is 18.2 Å². The quantitative estimate of drug-likeness (QED) is 0.497. The monoisotopic (exact) mass is 393 g/mol. The van der Waals surface area contributed by atoms with Gasteiger partial charge >= 0.3 is 0 Å². The number of fused-ring (bicyclic) bond motifs is 1. The molecule has 0 saturated carbocycles. The highest BCUT2D eigenvalue weighted by Crippen LogP contribution is 2.27. The molecule has 7 nitrogen and oxygen atoms in total. The fourth-order valence-electron chi connectivity index (χ4n) is 3.82. The highest BCUT2D eigenvalue weighted by atomic mass is 16.6. The zero-order valence-electron chi connectivity index (χ0n) is 16.6. The summed E-state index contributed by atoms with van der Waals surface area (Å²) < 4.78 is 5.72. The number of piperazine rings is 1. The smallest absolute Gasteiger partial charge is 0.271 e. The predicted molar refractivity (Wildman–Crippen MR) is 111 cm³/mol. The number of aryl methyl sites for hydroxylation is 2. The second-order valence-corrected chi connectivity index (χ2v) is 7.47. The van der Waals surface area contributed by atoms with Crippen LogP contribution in [0.3, 0.4) is 0 Å². The molecule has 0 bridgehead atoms. The number of nitro benzene ring substituents is 1. The molecule has 1 aromatic heterocycles. The number of nitro groups is 1. The van der Waals surface area contributed by atoms with Gasteiger partial charge < -0.3 is 14.2 Å². The Balaban J connectivity index is 1.41. The molecule has 0 spiro atoms. The van der Waals surface area contributed by atoms with Gasteiger partial charge in [0.05, 0.1) is 17.6 Å². The minimum atomic E-state index is -0.387. The number of furan rings is 1. The topological polar surface area (TPSA) is 79.8 Å². The highest BCUT2D eigenvalue weighted by Gasteiger charge is 2.23. The molecule has 1 aliphatic rings. The summed E-state index contributed by atoms with van der Waals surface area (Å²) in [7, 11) is 0. The number of hydrogen-bond acceptors (Lipinski definition) is 5. The number of amides is 1. The van der Waals surface area contributed by atoms with Crippen LogP contribution in [0, 0.1) is 24.0 Å². The zero-order chi connectivity index (χ0) is 20.5. The van der Waals surface area contributed by atoms with E-state index < -0.39 is 0 Å². The summed E-state index contributed by atoms with van der Waals surface area (Å²) in [5.74, 6) is 0.0737. The Morgan fingerprint density at radius 3 is 2.62 bits per heavy atom. The van der Waals surface area contributed by atoms with Crippen molar-refractivity contribution in [2.45, 2.75) is 20.3 Å². The van der Waals surface area contributed by atoms with Crippen LogP contribution in [0.1, 0.15) is 16.7 Å². The summed E-state index contributed by atoms with van der Waals surface area (Å²) in [5, 5.41) is 12.0. The predicted octanol–water partition coefficient (Wildman–Crippen LogP) is 3.85. The molecule has 0 aliphatic carbocycles. The minimum Gasteiger partial charge on any atom is -0.464 e. The van der Waals surface area contributed by atoms with Crippen LogP contribution < -0.4 is 4.90 Å². The van der Waals surface area contributed by atoms with Gasteiger partial charge in [-0.05, 0) is 31.0 Å². The maximum absolute atomic E-state index is 12.8. The summed E-state index contributed by atoms with van der Waals surface area (Å²) in [4.78, 5) is 27.4. The Morgan fingerprint density at radius 1 is 1.14 bits per heavy atom. The van der Waals surface area contributed by atoms with E-state index in [1.54, 1.807) is 18.4 Å². The van der Waals surface area contributed by atoms with Crippen molar-refractivity contribution in [1.82, 2.24) is 4.90 Å². The first kappa shape index (κ1) is 19.0. The van der Waals surface area contributed by atoms with E-state index in [-0.39, 0.29) is 16.5 Å². The Kier molecular flexibility index (Phi) is 4.96. The minimum absolute atomic E-state index is 0.0737. The van der Waals surface area contributed by atoms with E-state index >= 15 is 0 Å². The van der Waals surface area contributed by atoms with Crippen LogP contribution >= 0.6 is 0 Å². The third-order valence-electron chi connectivity index (χ3n) is 5.72. The van der Waals surface area contributed by atoms with Gasteiger partial charge in [-0.3, -0.25) is 14.9 Å². The van der Waals surface area contributed by atoms with Crippen molar-refractivity contribution in [1.29, 1.82) is 0 Å². The number of benzene rings is 2. The van der Waals surface area contributed by atoms with Crippen LogP contribution in [0.25, 0.3) is 11.0 Å². The SMILES string of the molecule is Cc1ccc2c(CC(=O)N3CCN(c4cccc([N+](=O)[O-])c4)CC3)coc2c1C. The molecular formula is C22H23N3O4. The van der Waals surface area contributed by atoms with Crippen LogP contribution in [-0.2, 0) is 11.2 Å². The molecule has 0 radical (unpaired) electrons. The van der Waals surface area contributed by atoms with Crippen molar-refractivity contribution in [2.24, 2.45) is 0 Å². The van der Waals surface area contributed by atoms with Gasteiger partial charge in [0.25, 0.3) is 5.69 Å². The third kappa shape index (κ3) is 3.68. The molecule has 7 heteroatoms. The molecule has 29 heavy (non-hydrogen) atoms. The standard InChI is InChI=1S/C22H23N3O4/c1-15-6-7-20-17(14-29-22(20)16(15)2)12-21(26)24-10-8-23(9-11-24)18-4-3-5-19(13-18)25(27)28/h3-7,13-14H,8-12H2,1-2H3. The van der Waals surface area contributed by atoms with Crippen molar-refractivity contribution in [3.63, 3.8) is 0 Å². The number of carbonyl (C=O) groups excluding carboxylic acids is 1. The summed E-state index contributed by atoms with van der Waals surface area (Å²) in [6, 6.07) is 10.7. The molecule has 1 fully saturated rings. The van der Waals surface area contributed by atoms with Gasteiger partial charge in [-0.2, -0.15) is 0 Å². The van der Waals surface area contributed by atoms with Crippen molar-refractivity contribution < 1.29 is 14.1 Å². The van der Waals surface area contributed by atoms with Crippen molar-refractivity contribution in [2.75, 3.05) is 31.1 Å². The van der Waals surface area contributed by atoms with Crippen LogP contribution in [0.5, 0.6) is 0 Å².